The fourth-order valence-electron chi connectivity index (χ4n) is 6.95. The summed E-state index contributed by atoms with van der Waals surface area (Å²) in [5.74, 6) is 1.80. The van der Waals surface area contributed by atoms with Crippen LogP contribution in [0.5, 0.6) is 0 Å². The number of carbonyl (C=O) groups is 1. The molecule has 1 N–H and O–H groups in total. The van der Waals surface area contributed by atoms with Crippen molar-refractivity contribution in [2.24, 2.45) is 28.6 Å². The fourth-order valence-corrected chi connectivity index (χ4v) is 6.95. The van der Waals surface area contributed by atoms with Gasteiger partial charge in [0.25, 0.3) is 0 Å². The first-order valence-corrected chi connectivity index (χ1v) is 9.98. The van der Waals surface area contributed by atoms with E-state index in [9.17, 15) is 9.90 Å². The van der Waals surface area contributed by atoms with Crippen LogP contribution >= 0.6 is 0 Å². The van der Waals surface area contributed by atoms with E-state index in [-0.39, 0.29) is 22.9 Å². The van der Waals surface area contributed by atoms with Gasteiger partial charge in [0.1, 0.15) is 6.61 Å². The van der Waals surface area contributed by atoms with E-state index in [4.69, 9.17) is 4.74 Å². The second kappa shape index (κ2) is 5.86. The molecule has 3 saturated carbocycles. The maximum absolute atomic E-state index is 11.5. The van der Waals surface area contributed by atoms with Gasteiger partial charge in [-0.15, -0.1) is 0 Å². The Hall–Kier alpha value is -0.830. The molecule has 134 valence electrons. The van der Waals surface area contributed by atoms with Crippen molar-refractivity contribution in [3.05, 3.63) is 11.6 Å². The monoisotopic (exact) mass is 332 g/mol. The number of carbonyl (C=O) groups excluding carboxylic acids is 1. The van der Waals surface area contributed by atoms with Crippen LogP contribution in [0, 0.1) is 28.6 Å². The molecule has 3 fully saturated rings. The molecule has 4 aliphatic rings. The topological polar surface area (TPSA) is 46.5 Å². The van der Waals surface area contributed by atoms with E-state index < -0.39 is 0 Å². The summed E-state index contributed by atoms with van der Waals surface area (Å²) in [6.07, 6.45) is 12.9. The van der Waals surface area contributed by atoms with Crippen molar-refractivity contribution in [2.75, 3.05) is 6.61 Å². The molecule has 4 aliphatic carbocycles. The van der Waals surface area contributed by atoms with Crippen molar-refractivity contribution in [3.63, 3.8) is 0 Å². The largest absolute Gasteiger partial charge is 0.465 e. The summed E-state index contributed by atoms with van der Waals surface area (Å²) in [4.78, 5) is 11.5. The maximum atomic E-state index is 11.5. The Balaban J connectivity index is 1.68. The number of allylic oxidation sites excluding steroid dienone is 1. The smallest absolute Gasteiger partial charge is 0.302 e. The molecule has 0 radical (unpaired) electrons. The first-order chi connectivity index (χ1) is 11.5. The highest BCUT2D eigenvalue weighted by atomic mass is 16.5. The summed E-state index contributed by atoms with van der Waals surface area (Å²) in [7, 11) is 0. The SMILES string of the molecule is CC(=O)OC[C@]12CCCCC1=CC[C@@H]1[C@H]2CC[C@]2(C)C(O)CC[C@@H]12. The zero-order chi connectivity index (χ0) is 16.9. The second-order valence-electron chi connectivity index (χ2n) is 9.12. The third-order valence-corrected chi connectivity index (χ3v) is 8.22. The van der Waals surface area contributed by atoms with Crippen LogP contribution in [0.4, 0.5) is 0 Å². The molecule has 0 aromatic rings. The molecule has 0 aromatic heterocycles. The third-order valence-electron chi connectivity index (χ3n) is 8.22. The lowest BCUT2D eigenvalue weighted by Gasteiger charge is -2.57. The molecule has 1 unspecified atom stereocenters. The number of ether oxygens (including phenoxy) is 1. The van der Waals surface area contributed by atoms with Crippen LogP contribution in [0.3, 0.4) is 0 Å². The van der Waals surface area contributed by atoms with Crippen LogP contribution in [-0.4, -0.2) is 23.8 Å². The number of aliphatic hydroxyl groups is 1. The standard InChI is InChI=1S/C21H32O3/c1-14(22)24-13-21-11-4-3-5-15(21)6-7-16-17-8-9-19(23)20(17,2)12-10-18(16)21/h6,16-19,23H,3-5,7-13H2,1-2H3/t16-,17-,18+,19?,20-,21+/m0/s1. The molecular weight excluding hydrogens is 300 g/mol. The van der Waals surface area contributed by atoms with Gasteiger partial charge >= 0.3 is 5.97 Å². The molecule has 0 aromatic carbocycles. The highest BCUT2D eigenvalue weighted by Crippen LogP contribution is 2.64. The van der Waals surface area contributed by atoms with E-state index in [1.165, 1.54) is 51.9 Å². The summed E-state index contributed by atoms with van der Waals surface area (Å²) >= 11 is 0. The Kier molecular flexibility index (Phi) is 4.06. The van der Waals surface area contributed by atoms with Gasteiger partial charge in [0.15, 0.2) is 0 Å². The highest BCUT2D eigenvalue weighted by Gasteiger charge is 2.59. The van der Waals surface area contributed by atoms with Gasteiger partial charge in [-0.3, -0.25) is 4.79 Å². The summed E-state index contributed by atoms with van der Waals surface area (Å²) in [5, 5.41) is 10.6. The van der Waals surface area contributed by atoms with Gasteiger partial charge in [-0.2, -0.15) is 0 Å². The number of aliphatic hydroxyl groups excluding tert-OH is 1. The minimum absolute atomic E-state index is 0.0989. The van der Waals surface area contributed by atoms with Crippen LogP contribution in [0.2, 0.25) is 0 Å². The predicted molar refractivity (Wildman–Crippen MR) is 93.3 cm³/mol. The summed E-state index contributed by atoms with van der Waals surface area (Å²) in [6.45, 7) is 4.44. The highest BCUT2D eigenvalue weighted by molar-refractivity contribution is 5.66. The number of hydrogen-bond acceptors (Lipinski definition) is 3. The van der Waals surface area contributed by atoms with Crippen molar-refractivity contribution in [1.29, 1.82) is 0 Å². The first kappa shape index (κ1) is 16.6. The zero-order valence-electron chi connectivity index (χ0n) is 15.2. The minimum atomic E-state index is -0.145. The van der Waals surface area contributed by atoms with Crippen molar-refractivity contribution in [1.82, 2.24) is 0 Å². The van der Waals surface area contributed by atoms with Gasteiger partial charge in [-0.05, 0) is 74.5 Å². The molecule has 0 amide bonds. The Morgan fingerprint density at radius 2 is 2.08 bits per heavy atom. The van der Waals surface area contributed by atoms with E-state index in [0.29, 0.717) is 24.4 Å². The number of esters is 1. The van der Waals surface area contributed by atoms with Gasteiger partial charge in [-0.1, -0.05) is 25.0 Å². The second-order valence-corrected chi connectivity index (χ2v) is 9.12. The van der Waals surface area contributed by atoms with E-state index >= 15 is 0 Å². The molecule has 0 spiro atoms. The average molecular weight is 332 g/mol. The lowest BCUT2D eigenvalue weighted by atomic mass is 9.47. The van der Waals surface area contributed by atoms with E-state index in [0.717, 1.165) is 12.8 Å². The molecule has 0 saturated heterocycles. The molecule has 0 bridgehead atoms. The normalized spacial score (nSPS) is 47.2. The molecule has 3 heteroatoms. The lowest BCUT2D eigenvalue weighted by molar-refractivity contribution is -0.149. The molecule has 6 atom stereocenters. The Bertz CT molecular complexity index is 553. The van der Waals surface area contributed by atoms with E-state index in [1.807, 2.05) is 0 Å². The van der Waals surface area contributed by atoms with E-state index in [2.05, 4.69) is 13.0 Å². The molecular formula is C21H32O3. The van der Waals surface area contributed by atoms with Gasteiger partial charge in [0.2, 0.25) is 0 Å². The van der Waals surface area contributed by atoms with Crippen molar-refractivity contribution in [2.45, 2.75) is 77.7 Å². The molecule has 0 aliphatic heterocycles. The maximum Gasteiger partial charge on any atom is 0.302 e. The van der Waals surface area contributed by atoms with E-state index in [1.54, 1.807) is 5.57 Å². The molecule has 3 nitrogen and oxygen atoms in total. The molecule has 0 heterocycles. The number of fused-ring (bicyclic) bond motifs is 5. The Morgan fingerprint density at radius 3 is 2.88 bits per heavy atom. The Labute approximate surface area is 145 Å². The van der Waals surface area contributed by atoms with Crippen LogP contribution < -0.4 is 0 Å². The van der Waals surface area contributed by atoms with Crippen molar-refractivity contribution in [3.8, 4) is 0 Å². The van der Waals surface area contributed by atoms with Gasteiger partial charge in [-0.25, -0.2) is 0 Å². The summed E-state index contributed by atoms with van der Waals surface area (Å²) in [6, 6.07) is 0. The van der Waals surface area contributed by atoms with Gasteiger partial charge in [0, 0.05) is 12.3 Å². The fraction of sp³-hybridized carbons (Fsp3) is 0.857. The van der Waals surface area contributed by atoms with Crippen LogP contribution in [0.1, 0.15) is 71.6 Å². The number of rotatable bonds is 2. The van der Waals surface area contributed by atoms with Gasteiger partial charge < -0.3 is 9.84 Å². The van der Waals surface area contributed by atoms with Gasteiger partial charge in [0.05, 0.1) is 6.10 Å². The third kappa shape index (κ3) is 2.30. The summed E-state index contributed by atoms with van der Waals surface area (Å²) in [5.41, 5.74) is 1.80. The van der Waals surface area contributed by atoms with Crippen molar-refractivity contribution >= 4 is 5.97 Å². The predicted octanol–water partition coefficient (Wildman–Crippen LogP) is 4.24. The number of hydrogen-bond donors (Lipinski definition) is 1. The van der Waals surface area contributed by atoms with Crippen LogP contribution in [-0.2, 0) is 9.53 Å². The first-order valence-electron chi connectivity index (χ1n) is 9.98. The average Bonchev–Trinajstić information content (AvgIpc) is 2.88. The molecule has 4 rings (SSSR count). The van der Waals surface area contributed by atoms with Crippen molar-refractivity contribution < 1.29 is 14.6 Å². The summed E-state index contributed by atoms with van der Waals surface area (Å²) < 4.78 is 5.62. The van der Waals surface area contributed by atoms with Crippen LogP contribution in [0.15, 0.2) is 11.6 Å². The lowest BCUT2D eigenvalue weighted by Crippen LogP contribution is -2.53. The van der Waals surface area contributed by atoms with Crippen LogP contribution in [0.25, 0.3) is 0 Å². The zero-order valence-corrected chi connectivity index (χ0v) is 15.2. The molecule has 24 heavy (non-hydrogen) atoms. The Morgan fingerprint density at radius 1 is 1.25 bits per heavy atom. The minimum Gasteiger partial charge on any atom is -0.465 e. The quantitative estimate of drug-likeness (QED) is 0.607.